The van der Waals surface area contributed by atoms with E-state index in [-0.39, 0.29) is 5.79 Å². The minimum Gasteiger partial charge on any atom is -0.348 e. The van der Waals surface area contributed by atoms with Gasteiger partial charge in [0.1, 0.15) is 0 Å². The van der Waals surface area contributed by atoms with Gasteiger partial charge in [-0.05, 0) is 19.8 Å². The van der Waals surface area contributed by atoms with Gasteiger partial charge in [-0.2, -0.15) is 0 Å². The molecule has 1 aliphatic carbocycles. The molecule has 0 atom stereocenters. The summed E-state index contributed by atoms with van der Waals surface area (Å²) >= 11 is 0. The Morgan fingerprint density at radius 3 is 2.18 bits per heavy atom. The molecule has 0 N–H and O–H groups in total. The van der Waals surface area contributed by atoms with E-state index in [0.29, 0.717) is 5.92 Å². The Hall–Kier alpha value is -0.0800. The third kappa shape index (κ3) is 1.30. The van der Waals surface area contributed by atoms with Crippen molar-refractivity contribution in [2.24, 2.45) is 5.92 Å². The van der Waals surface area contributed by atoms with Crippen molar-refractivity contribution in [1.29, 1.82) is 0 Å². The van der Waals surface area contributed by atoms with Gasteiger partial charge in [0.2, 0.25) is 0 Å². The summed E-state index contributed by atoms with van der Waals surface area (Å²) in [5.41, 5.74) is 0. The Kier molecular flexibility index (Phi) is 1.90. The molecular formula is C9H16O2. The summed E-state index contributed by atoms with van der Waals surface area (Å²) in [6.45, 7) is 3.66. The van der Waals surface area contributed by atoms with Crippen molar-refractivity contribution in [2.45, 2.75) is 38.4 Å². The van der Waals surface area contributed by atoms with Crippen molar-refractivity contribution in [1.82, 2.24) is 0 Å². The van der Waals surface area contributed by atoms with E-state index in [0.717, 1.165) is 13.2 Å². The first kappa shape index (κ1) is 7.56. The lowest BCUT2D eigenvalue weighted by atomic mass is 9.99. The second-order valence-corrected chi connectivity index (χ2v) is 3.69. The molecule has 0 bridgehead atoms. The molecule has 0 spiro atoms. The highest BCUT2D eigenvalue weighted by molar-refractivity contribution is 4.82. The fraction of sp³-hybridized carbons (Fsp3) is 1.00. The molecule has 1 saturated heterocycles. The fourth-order valence-corrected chi connectivity index (χ4v) is 2.22. The molecule has 0 aromatic carbocycles. The van der Waals surface area contributed by atoms with Crippen LogP contribution in [0.25, 0.3) is 0 Å². The largest absolute Gasteiger partial charge is 0.348 e. The topological polar surface area (TPSA) is 18.5 Å². The second kappa shape index (κ2) is 2.76. The van der Waals surface area contributed by atoms with Gasteiger partial charge in [0.05, 0.1) is 13.2 Å². The van der Waals surface area contributed by atoms with Crippen molar-refractivity contribution in [3.05, 3.63) is 0 Å². The highest BCUT2D eigenvalue weighted by atomic mass is 16.7. The molecule has 0 radical (unpaired) electrons. The van der Waals surface area contributed by atoms with E-state index < -0.39 is 0 Å². The van der Waals surface area contributed by atoms with Crippen LogP contribution < -0.4 is 0 Å². The van der Waals surface area contributed by atoms with Crippen LogP contribution in [0, 0.1) is 5.92 Å². The van der Waals surface area contributed by atoms with Crippen molar-refractivity contribution in [3.8, 4) is 0 Å². The van der Waals surface area contributed by atoms with Gasteiger partial charge in [0.15, 0.2) is 5.79 Å². The van der Waals surface area contributed by atoms with Crippen molar-refractivity contribution < 1.29 is 9.47 Å². The molecule has 1 aliphatic heterocycles. The number of ether oxygens (including phenoxy) is 2. The normalized spacial score (nSPS) is 31.4. The molecule has 2 nitrogen and oxygen atoms in total. The van der Waals surface area contributed by atoms with Gasteiger partial charge in [0, 0.05) is 5.92 Å². The van der Waals surface area contributed by atoms with Crippen molar-refractivity contribution in [3.63, 3.8) is 0 Å². The zero-order valence-corrected chi connectivity index (χ0v) is 7.14. The lowest BCUT2D eigenvalue weighted by molar-refractivity contribution is -0.179. The first-order chi connectivity index (χ1) is 5.31. The first-order valence-electron chi connectivity index (χ1n) is 4.59. The third-order valence-electron chi connectivity index (χ3n) is 2.96. The van der Waals surface area contributed by atoms with Crippen molar-refractivity contribution >= 4 is 0 Å². The summed E-state index contributed by atoms with van der Waals surface area (Å²) in [6.07, 6.45) is 5.28. The molecule has 0 aromatic heterocycles. The van der Waals surface area contributed by atoms with Crippen LogP contribution in [-0.2, 0) is 9.47 Å². The monoisotopic (exact) mass is 156 g/mol. The number of rotatable bonds is 1. The molecule has 2 heteroatoms. The van der Waals surface area contributed by atoms with E-state index in [1.807, 2.05) is 0 Å². The van der Waals surface area contributed by atoms with Crippen LogP contribution in [0.4, 0.5) is 0 Å². The van der Waals surface area contributed by atoms with E-state index in [9.17, 15) is 0 Å². The van der Waals surface area contributed by atoms with Crippen LogP contribution >= 0.6 is 0 Å². The molecule has 1 saturated carbocycles. The lowest BCUT2D eigenvalue weighted by Gasteiger charge is -2.28. The maximum atomic E-state index is 5.60. The quantitative estimate of drug-likeness (QED) is 0.577. The molecule has 0 unspecified atom stereocenters. The number of hydrogen-bond donors (Lipinski definition) is 0. The summed E-state index contributed by atoms with van der Waals surface area (Å²) in [5, 5.41) is 0. The van der Waals surface area contributed by atoms with Crippen LogP contribution in [0.1, 0.15) is 32.6 Å². The molecule has 0 aromatic rings. The van der Waals surface area contributed by atoms with E-state index >= 15 is 0 Å². The standard InChI is InChI=1S/C9H16O2/c1-9(10-6-7-11-9)8-4-2-3-5-8/h8H,2-7H2,1H3. The van der Waals surface area contributed by atoms with Gasteiger partial charge >= 0.3 is 0 Å². The minimum atomic E-state index is -0.226. The zero-order chi connectivity index (χ0) is 7.73. The molecule has 0 amide bonds. The van der Waals surface area contributed by atoms with Crippen molar-refractivity contribution in [2.75, 3.05) is 13.2 Å². The predicted octanol–water partition coefficient (Wildman–Crippen LogP) is 1.94. The fourth-order valence-electron chi connectivity index (χ4n) is 2.22. The Morgan fingerprint density at radius 2 is 1.64 bits per heavy atom. The minimum absolute atomic E-state index is 0.226. The zero-order valence-electron chi connectivity index (χ0n) is 7.14. The smallest absolute Gasteiger partial charge is 0.168 e. The summed E-state index contributed by atoms with van der Waals surface area (Å²) < 4.78 is 11.2. The molecular weight excluding hydrogens is 140 g/mol. The Morgan fingerprint density at radius 1 is 1.09 bits per heavy atom. The molecule has 64 valence electrons. The van der Waals surface area contributed by atoms with Crippen LogP contribution in [0.3, 0.4) is 0 Å². The van der Waals surface area contributed by atoms with Crippen LogP contribution in [0.2, 0.25) is 0 Å². The van der Waals surface area contributed by atoms with Gasteiger partial charge in [-0.25, -0.2) is 0 Å². The Balaban J connectivity index is 2.00. The van der Waals surface area contributed by atoms with Gasteiger partial charge in [0.25, 0.3) is 0 Å². The third-order valence-corrected chi connectivity index (χ3v) is 2.96. The highest BCUT2D eigenvalue weighted by Gasteiger charge is 2.40. The average molecular weight is 156 g/mol. The lowest BCUT2D eigenvalue weighted by Crippen LogP contribution is -2.34. The van der Waals surface area contributed by atoms with E-state index in [2.05, 4.69) is 6.92 Å². The van der Waals surface area contributed by atoms with Crippen LogP contribution in [-0.4, -0.2) is 19.0 Å². The summed E-state index contributed by atoms with van der Waals surface area (Å²) in [6, 6.07) is 0. The van der Waals surface area contributed by atoms with Gasteiger partial charge in [-0.3, -0.25) is 0 Å². The maximum Gasteiger partial charge on any atom is 0.168 e. The van der Waals surface area contributed by atoms with Gasteiger partial charge < -0.3 is 9.47 Å². The van der Waals surface area contributed by atoms with Gasteiger partial charge in [-0.1, -0.05) is 12.8 Å². The van der Waals surface area contributed by atoms with Gasteiger partial charge in [-0.15, -0.1) is 0 Å². The molecule has 11 heavy (non-hydrogen) atoms. The first-order valence-corrected chi connectivity index (χ1v) is 4.59. The summed E-state index contributed by atoms with van der Waals surface area (Å²) in [7, 11) is 0. The molecule has 2 fully saturated rings. The molecule has 2 aliphatic rings. The van der Waals surface area contributed by atoms with E-state index in [1.54, 1.807) is 0 Å². The van der Waals surface area contributed by atoms with E-state index in [1.165, 1.54) is 25.7 Å². The van der Waals surface area contributed by atoms with E-state index in [4.69, 9.17) is 9.47 Å². The second-order valence-electron chi connectivity index (χ2n) is 3.69. The predicted molar refractivity (Wildman–Crippen MR) is 42.3 cm³/mol. The SMILES string of the molecule is CC1(C2CCCC2)OCCO1. The Labute approximate surface area is 67.9 Å². The summed E-state index contributed by atoms with van der Waals surface area (Å²) in [4.78, 5) is 0. The maximum absolute atomic E-state index is 5.60. The van der Waals surface area contributed by atoms with Crippen LogP contribution in [0.15, 0.2) is 0 Å². The molecule has 2 rings (SSSR count). The Bertz CT molecular complexity index is 132. The number of hydrogen-bond acceptors (Lipinski definition) is 2. The van der Waals surface area contributed by atoms with Crippen LogP contribution in [0.5, 0.6) is 0 Å². The molecule has 1 heterocycles. The average Bonchev–Trinajstić information content (AvgIpc) is 2.55. The summed E-state index contributed by atoms with van der Waals surface area (Å²) in [5.74, 6) is 0.432. The highest BCUT2D eigenvalue weighted by Crippen LogP contribution is 2.38.